The minimum Gasteiger partial charge on any atom is -0.497 e. The number of sulfonamides is 1. The van der Waals surface area contributed by atoms with Gasteiger partial charge in [0.15, 0.2) is 0 Å². The Morgan fingerprint density at radius 2 is 1.75 bits per heavy atom. The predicted molar refractivity (Wildman–Crippen MR) is 93.2 cm³/mol. The van der Waals surface area contributed by atoms with Crippen molar-refractivity contribution in [2.24, 2.45) is 5.73 Å². The van der Waals surface area contributed by atoms with E-state index in [1.54, 1.807) is 12.1 Å². The van der Waals surface area contributed by atoms with Crippen LogP contribution in [0.15, 0.2) is 47.4 Å². The maximum Gasteiger partial charge on any atom is 0.264 e. The number of carbonyl (C=O) groups excluding carboxylic acids is 1. The van der Waals surface area contributed by atoms with Gasteiger partial charge in [-0.25, -0.2) is 8.42 Å². The first-order valence-electron chi connectivity index (χ1n) is 6.66. The number of nitrogens with zero attached hydrogens (tertiary/aromatic N) is 1. The molecule has 128 valence electrons. The minimum absolute atomic E-state index is 0.0893. The Labute approximate surface area is 149 Å². The quantitative estimate of drug-likeness (QED) is 0.823. The average Bonchev–Trinajstić information content (AvgIpc) is 2.55. The molecule has 0 fully saturated rings. The SMILES string of the molecule is COc1ccc(N(CC(N)=O)S(=O)(=O)c2ccc(Cl)c(Cl)c2)cc1. The van der Waals surface area contributed by atoms with Crippen molar-refractivity contribution in [2.45, 2.75) is 4.90 Å². The van der Waals surface area contributed by atoms with Crippen LogP contribution in [-0.2, 0) is 14.8 Å². The highest BCUT2D eigenvalue weighted by atomic mass is 35.5. The number of carbonyl (C=O) groups is 1. The van der Waals surface area contributed by atoms with Crippen LogP contribution in [0.25, 0.3) is 0 Å². The van der Waals surface area contributed by atoms with Crippen LogP contribution < -0.4 is 14.8 Å². The van der Waals surface area contributed by atoms with E-state index in [4.69, 9.17) is 33.7 Å². The van der Waals surface area contributed by atoms with Gasteiger partial charge in [0.2, 0.25) is 5.91 Å². The topological polar surface area (TPSA) is 89.7 Å². The molecule has 0 spiro atoms. The fraction of sp³-hybridized carbons (Fsp3) is 0.133. The molecule has 1 amide bonds. The highest BCUT2D eigenvalue weighted by Gasteiger charge is 2.27. The summed E-state index contributed by atoms with van der Waals surface area (Å²) >= 11 is 11.7. The summed E-state index contributed by atoms with van der Waals surface area (Å²) in [6, 6.07) is 10.1. The predicted octanol–water partition coefficient (Wildman–Crippen LogP) is 2.68. The molecule has 24 heavy (non-hydrogen) atoms. The molecule has 2 rings (SSSR count). The molecular formula is C15H14Cl2N2O4S. The molecule has 9 heteroatoms. The molecule has 0 aliphatic rings. The van der Waals surface area contributed by atoms with E-state index in [1.807, 2.05) is 0 Å². The molecule has 0 saturated carbocycles. The maximum absolute atomic E-state index is 12.9. The van der Waals surface area contributed by atoms with Crippen molar-refractivity contribution in [3.05, 3.63) is 52.5 Å². The smallest absolute Gasteiger partial charge is 0.264 e. The van der Waals surface area contributed by atoms with Crippen molar-refractivity contribution in [3.63, 3.8) is 0 Å². The van der Waals surface area contributed by atoms with Gasteiger partial charge < -0.3 is 10.5 Å². The molecule has 0 radical (unpaired) electrons. The van der Waals surface area contributed by atoms with Gasteiger partial charge in [0.1, 0.15) is 12.3 Å². The van der Waals surface area contributed by atoms with Crippen molar-refractivity contribution in [3.8, 4) is 5.75 Å². The summed E-state index contributed by atoms with van der Waals surface area (Å²) in [6.45, 7) is -0.519. The van der Waals surface area contributed by atoms with E-state index in [1.165, 1.54) is 37.4 Å². The van der Waals surface area contributed by atoms with Crippen molar-refractivity contribution in [1.82, 2.24) is 0 Å². The molecule has 0 unspecified atom stereocenters. The molecule has 0 atom stereocenters. The van der Waals surface area contributed by atoms with E-state index in [-0.39, 0.29) is 20.6 Å². The number of ether oxygens (including phenoxy) is 1. The molecule has 6 nitrogen and oxygen atoms in total. The lowest BCUT2D eigenvalue weighted by Gasteiger charge is -2.23. The Hall–Kier alpha value is -1.96. The number of nitrogens with two attached hydrogens (primary N) is 1. The first-order valence-corrected chi connectivity index (χ1v) is 8.85. The lowest BCUT2D eigenvalue weighted by molar-refractivity contribution is -0.116. The monoisotopic (exact) mass is 388 g/mol. The van der Waals surface area contributed by atoms with E-state index in [2.05, 4.69) is 0 Å². The molecule has 2 N–H and O–H groups in total. The molecule has 0 saturated heterocycles. The summed E-state index contributed by atoms with van der Waals surface area (Å²) < 4.78 is 31.7. The van der Waals surface area contributed by atoms with Gasteiger partial charge >= 0.3 is 0 Å². The third-order valence-corrected chi connectivity index (χ3v) is 5.65. The lowest BCUT2D eigenvalue weighted by atomic mass is 10.3. The Morgan fingerprint density at radius 3 is 2.25 bits per heavy atom. The molecular weight excluding hydrogens is 375 g/mol. The number of benzene rings is 2. The summed E-state index contributed by atoms with van der Waals surface area (Å²) in [5.74, 6) is -0.251. The van der Waals surface area contributed by atoms with Crippen LogP contribution in [0.2, 0.25) is 10.0 Å². The maximum atomic E-state index is 12.9. The number of hydrogen-bond donors (Lipinski definition) is 1. The minimum atomic E-state index is -4.06. The largest absolute Gasteiger partial charge is 0.497 e. The highest BCUT2D eigenvalue weighted by Crippen LogP contribution is 2.29. The van der Waals surface area contributed by atoms with Gasteiger partial charge in [-0.2, -0.15) is 0 Å². The van der Waals surface area contributed by atoms with E-state index in [0.29, 0.717) is 5.75 Å². The van der Waals surface area contributed by atoms with Gasteiger partial charge in [0.05, 0.1) is 27.7 Å². The summed E-state index contributed by atoms with van der Waals surface area (Å²) in [6.07, 6.45) is 0. The van der Waals surface area contributed by atoms with Crippen molar-refractivity contribution < 1.29 is 17.9 Å². The zero-order valence-electron chi connectivity index (χ0n) is 12.6. The van der Waals surface area contributed by atoms with Crippen LogP contribution in [0.1, 0.15) is 0 Å². The van der Waals surface area contributed by atoms with Gasteiger partial charge in [0, 0.05) is 0 Å². The lowest BCUT2D eigenvalue weighted by Crippen LogP contribution is -2.38. The summed E-state index contributed by atoms with van der Waals surface area (Å²) in [4.78, 5) is 11.2. The fourth-order valence-corrected chi connectivity index (χ4v) is 3.79. The molecule has 2 aromatic carbocycles. The van der Waals surface area contributed by atoms with E-state index in [9.17, 15) is 13.2 Å². The third kappa shape index (κ3) is 3.92. The highest BCUT2D eigenvalue weighted by molar-refractivity contribution is 7.92. The van der Waals surface area contributed by atoms with E-state index >= 15 is 0 Å². The average molecular weight is 389 g/mol. The van der Waals surface area contributed by atoms with Crippen LogP contribution >= 0.6 is 23.2 Å². The number of rotatable bonds is 6. The van der Waals surface area contributed by atoms with E-state index < -0.39 is 22.5 Å². The Morgan fingerprint density at radius 1 is 1.12 bits per heavy atom. The molecule has 0 bridgehead atoms. The third-order valence-electron chi connectivity index (χ3n) is 3.14. The number of anilines is 1. The van der Waals surface area contributed by atoms with Crippen LogP contribution in [-0.4, -0.2) is 28.0 Å². The van der Waals surface area contributed by atoms with Gasteiger partial charge in [-0.3, -0.25) is 9.10 Å². The molecule has 0 aliphatic carbocycles. The summed E-state index contributed by atoms with van der Waals surface area (Å²) in [7, 11) is -2.57. The van der Waals surface area contributed by atoms with Crippen LogP contribution in [0, 0.1) is 0 Å². The van der Waals surface area contributed by atoms with Gasteiger partial charge in [-0.15, -0.1) is 0 Å². The van der Waals surface area contributed by atoms with Gasteiger partial charge in [-0.05, 0) is 42.5 Å². The molecule has 0 aliphatic heterocycles. The fourth-order valence-electron chi connectivity index (χ4n) is 1.97. The summed E-state index contributed by atoms with van der Waals surface area (Å²) in [5, 5.41) is 0.313. The second-order valence-corrected chi connectivity index (χ2v) is 7.43. The van der Waals surface area contributed by atoms with Gasteiger partial charge in [0.25, 0.3) is 10.0 Å². The molecule has 0 heterocycles. The zero-order chi connectivity index (χ0) is 17.9. The molecule has 2 aromatic rings. The zero-order valence-corrected chi connectivity index (χ0v) is 14.9. The second kappa shape index (κ2) is 7.29. The van der Waals surface area contributed by atoms with E-state index in [0.717, 1.165) is 4.31 Å². The number of amides is 1. The van der Waals surface area contributed by atoms with Crippen molar-refractivity contribution in [1.29, 1.82) is 0 Å². The number of methoxy groups -OCH3 is 1. The first-order chi connectivity index (χ1) is 11.3. The number of halogens is 2. The van der Waals surface area contributed by atoms with Crippen LogP contribution in [0.3, 0.4) is 0 Å². The normalized spacial score (nSPS) is 11.1. The summed E-state index contributed by atoms with van der Waals surface area (Å²) in [5.41, 5.74) is 5.46. The first kappa shape index (κ1) is 18.4. The Kier molecular flexibility index (Phi) is 5.58. The molecule has 0 aromatic heterocycles. The standard InChI is InChI=1S/C15H14Cl2N2O4S/c1-23-11-4-2-10(3-5-11)19(9-15(18)20)24(21,22)12-6-7-13(16)14(17)8-12/h2-8H,9H2,1H3,(H2,18,20). The number of hydrogen-bond acceptors (Lipinski definition) is 4. The van der Waals surface area contributed by atoms with Crippen LogP contribution in [0.5, 0.6) is 5.75 Å². The van der Waals surface area contributed by atoms with Crippen LogP contribution in [0.4, 0.5) is 5.69 Å². The Balaban J connectivity index is 2.52. The van der Waals surface area contributed by atoms with Crippen molar-refractivity contribution >= 4 is 44.8 Å². The second-order valence-electron chi connectivity index (χ2n) is 4.75. The number of primary amides is 1. The van der Waals surface area contributed by atoms with Crippen molar-refractivity contribution in [2.75, 3.05) is 18.0 Å². The Bertz CT molecular complexity index is 854. The van der Waals surface area contributed by atoms with Gasteiger partial charge in [-0.1, -0.05) is 23.2 Å².